The molecule has 1 fully saturated rings. The molecule has 0 radical (unpaired) electrons. The number of ketones is 1. The molecule has 0 spiro atoms. The van der Waals surface area contributed by atoms with Crippen molar-refractivity contribution in [2.45, 2.75) is 19.8 Å². The number of anilines is 1. The highest BCUT2D eigenvalue weighted by molar-refractivity contribution is 7.12. The molecular formula is C20H19FN2OS. The van der Waals surface area contributed by atoms with E-state index in [1.54, 1.807) is 6.07 Å². The minimum absolute atomic E-state index is 0.0841. The standard InChI is InChI=1S/C20H19FN2OS/c1-13-12-17(15-4-2-5-16(21)19(15)22-13)23-9-7-14(8-10-23)20(24)18-6-3-11-25-18/h2-6,11-12,14H,7-10H2,1H3. The Kier molecular flexibility index (Phi) is 4.25. The summed E-state index contributed by atoms with van der Waals surface area (Å²) in [6, 6.07) is 10.9. The minimum atomic E-state index is -0.287. The van der Waals surface area contributed by atoms with Crippen LogP contribution in [0.1, 0.15) is 28.2 Å². The predicted octanol–water partition coefficient (Wildman–Crippen LogP) is 4.84. The molecule has 0 amide bonds. The molecule has 3 aromatic rings. The molecule has 4 rings (SSSR count). The molecule has 25 heavy (non-hydrogen) atoms. The Labute approximate surface area is 150 Å². The third-order valence-corrected chi connectivity index (χ3v) is 5.75. The highest BCUT2D eigenvalue weighted by atomic mass is 32.1. The van der Waals surface area contributed by atoms with Gasteiger partial charge in [-0.05, 0) is 43.3 Å². The first kappa shape index (κ1) is 16.2. The summed E-state index contributed by atoms with van der Waals surface area (Å²) in [4.78, 5) is 20.0. The van der Waals surface area contributed by atoms with Crippen LogP contribution in [0.25, 0.3) is 10.9 Å². The number of para-hydroxylation sites is 1. The van der Waals surface area contributed by atoms with Crippen molar-refractivity contribution < 1.29 is 9.18 Å². The maximum Gasteiger partial charge on any atom is 0.175 e. The number of aromatic nitrogens is 1. The van der Waals surface area contributed by atoms with Crippen molar-refractivity contribution in [3.63, 3.8) is 0 Å². The number of pyridine rings is 1. The van der Waals surface area contributed by atoms with Crippen LogP contribution in [0.15, 0.2) is 41.8 Å². The van der Waals surface area contributed by atoms with Crippen LogP contribution in [-0.4, -0.2) is 23.9 Å². The number of hydrogen-bond acceptors (Lipinski definition) is 4. The third kappa shape index (κ3) is 3.04. The van der Waals surface area contributed by atoms with Crippen LogP contribution in [0.2, 0.25) is 0 Å². The fraction of sp³-hybridized carbons (Fsp3) is 0.300. The van der Waals surface area contributed by atoms with Gasteiger partial charge in [0.15, 0.2) is 5.78 Å². The zero-order chi connectivity index (χ0) is 17.4. The lowest BCUT2D eigenvalue weighted by molar-refractivity contribution is 0.0905. The molecule has 5 heteroatoms. The summed E-state index contributed by atoms with van der Waals surface area (Å²) < 4.78 is 14.1. The van der Waals surface area contributed by atoms with Crippen LogP contribution >= 0.6 is 11.3 Å². The minimum Gasteiger partial charge on any atom is -0.371 e. The number of halogens is 1. The Morgan fingerprint density at radius 2 is 2.04 bits per heavy atom. The highest BCUT2D eigenvalue weighted by Gasteiger charge is 2.27. The van der Waals surface area contributed by atoms with E-state index in [-0.39, 0.29) is 17.5 Å². The molecule has 0 atom stereocenters. The zero-order valence-corrected chi connectivity index (χ0v) is 14.9. The fourth-order valence-corrected chi connectivity index (χ4v) is 4.33. The second-order valence-corrected chi connectivity index (χ2v) is 7.47. The molecule has 1 aromatic carbocycles. The first-order valence-corrected chi connectivity index (χ1v) is 9.40. The smallest absolute Gasteiger partial charge is 0.175 e. The Balaban J connectivity index is 1.58. The van der Waals surface area contributed by atoms with Crippen molar-refractivity contribution in [3.8, 4) is 0 Å². The molecule has 3 heterocycles. The average Bonchev–Trinajstić information content (AvgIpc) is 3.16. The van der Waals surface area contributed by atoms with Gasteiger partial charge in [0.2, 0.25) is 0 Å². The summed E-state index contributed by atoms with van der Waals surface area (Å²) in [5.74, 6) is 0.0579. The predicted molar refractivity (Wildman–Crippen MR) is 100 cm³/mol. The van der Waals surface area contributed by atoms with Crippen molar-refractivity contribution >= 4 is 33.7 Å². The number of nitrogens with zero attached hydrogens (tertiary/aromatic N) is 2. The monoisotopic (exact) mass is 354 g/mol. The lowest BCUT2D eigenvalue weighted by Crippen LogP contribution is -2.36. The number of Topliss-reactive ketones (excluding diaryl/α,β-unsaturated/α-hetero) is 1. The quantitative estimate of drug-likeness (QED) is 0.631. The molecule has 0 aliphatic carbocycles. The van der Waals surface area contributed by atoms with Gasteiger partial charge in [0.05, 0.1) is 4.88 Å². The SMILES string of the molecule is Cc1cc(N2CCC(C(=O)c3cccs3)CC2)c2cccc(F)c2n1. The zero-order valence-electron chi connectivity index (χ0n) is 14.0. The van der Waals surface area contributed by atoms with Crippen LogP contribution in [0.3, 0.4) is 0 Å². The average molecular weight is 354 g/mol. The van der Waals surface area contributed by atoms with Crippen LogP contribution in [-0.2, 0) is 0 Å². The number of benzene rings is 1. The van der Waals surface area contributed by atoms with Crippen molar-refractivity contribution in [1.29, 1.82) is 0 Å². The third-order valence-electron chi connectivity index (χ3n) is 4.87. The lowest BCUT2D eigenvalue weighted by atomic mass is 9.91. The number of aryl methyl sites for hydroxylation is 1. The van der Waals surface area contributed by atoms with Crippen molar-refractivity contribution in [3.05, 3.63) is 58.2 Å². The summed E-state index contributed by atoms with van der Waals surface area (Å²) >= 11 is 1.51. The summed E-state index contributed by atoms with van der Waals surface area (Å²) in [5.41, 5.74) is 2.25. The summed E-state index contributed by atoms with van der Waals surface area (Å²) in [6.45, 7) is 3.50. The van der Waals surface area contributed by atoms with Gasteiger partial charge in [-0.2, -0.15) is 0 Å². The number of hydrogen-bond donors (Lipinski definition) is 0. The summed E-state index contributed by atoms with van der Waals surface area (Å²) in [7, 11) is 0. The van der Waals surface area contributed by atoms with Crippen LogP contribution < -0.4 is 4.90 Å². The van der Waals surface area contributed by atoms with Gasteiger partial charge >= 0.3 is 0 Å². The van der Waals surface area contributed by atoms with Crippen LogP contribution in [0, 0.1) is 18.7 Å². The number of carbonyl (C=O) groups excluding carboxylic acids is 1. The number of thiophene rings is 1. The maximum atomic E-state index is 14.1. The van der Waals surface area contributed by atoms with Gasteiger partial charge in [-0.3, -0.25) is 4.79 Å². The molecule has 0 saturated carbocycles. The largest absolute Gasteiger partial charge is 0.371 e. The Morgan fingerprint density at radius 1 is 1.24 bits per heavy atom. The number of rotatable bonds is 3. The second kappa shape index (κ2) is 6.56. The number of piperidine rings is 1. The second-order valence-electron chi connectivity index (χ2n) is 6.52. The van der Waals surface area contributed by atoms with E-state index in [0.717, 1.165) is 47.6 Å². The van der Waals surface area contributed by atoms with Gasteiger partial charge in [0.25, 0.3) is 0 Å². The normalized spacial score (nSPS) is 15.7. The maximum absolute atomic E-state index is 14.1. The molecule has 1 saturated heterocycles. The van der Waals surface area contributed by atoms with E-state index in [1.165, 1.54) is 17.4 Å². The summed E-state index contributed by atoms with van der Waals surface area (Å²) in [6.07, 6.45) is 1.66. The van der Waals surface area contributed by atoms with Gasteiger partial charge in [-0.15, -0.1) is 11.3 Å². The molecular weight excluding hydrogens is 335 g/mol. The van der Waals surface area contributed by atoms with E-state index in [9.17, 15) is 9.18 Å². The van der Waals surface area contributed by atoms with E-state index in [4.69, 9.17) is 0 Å². The molecule has 1 aliphatic heterocycles. The van der Waals surface area contributed by atoms with E-state index in [1.807, 2.05) is 36.6 Å². The number of fused-ring (bicyclic) bond motifs is 1. The molecule has 0 N–H and O–H groups in total. The van der Waals surface area contributed by atoms with Crippen LogP contribution in [0.5, 0.6) is 0 Å². The van der Waals surface area contributed by atoms with E-state index in [2.05, 4.69) is 9.88 Å². The first-order chi connectivity index (χ1) is 12.1. The van der Waals surface area contributed by atoms with E-state index in [0.29, 0.717) is 5.52 Å². The summed E-state index contributed by atoms with van der Waals surface area (Å²) in [5, 5.41) is 2.79. The van der Waals surface area contributed by atoms with Crippen LogP contribution in [0.4, 0.5) is 10.1 Å². The Hall–Kier alpha value is -2.27. The highest BCUT2D eigenvalue weighted by Crippen LogP contribution is 2.32. The molecule has 3 nitrogen and oxygen atoms in total. The first-order valence-electron chi connectivity index (χ1n) is 8.52. The van der Waals surface area contributed by atoms with Gasteiger partial charge in [-0.25, -0.2) is 9.37 Å². The van der Waals surface area contributed by atoms with E-state index >= 15 is 0 Å². The number of carbonyl (C=O) groups is 1. The van der Waals surface area contributed by atoms with Crippen molar-refractivity contribution in [1.82, 2.24) is 4.98 Å². The van der Waals surface area contributed by atoms with Gasteiger partial charge in [0, 0.05) is 35.8 Å². The lowest BCUT2D eigenvalue weighted by Gasteiger charge is -2.33. The molecule has 2 aromatic heterocycles. The molecule has 1 aliphatic rings. The molecule has 128 valence electrons. The van der Waals surface area contributed by atoms with Gasteiger partial charge in [0.1, 0.15) is 11.3 Å². The fourth-order valence-electron chi connectivity index (χ4n) is 3.58. The van der Waals surface area contributed by atoms with Gasteiger partial charge in [-0.1, -0.05) is 18.2 Å². The topological polar surface area (TPSA) is 33.2 Å². The van der Waals surface area contributed by atoms with Gasteiger partial charge < -0.3 is 4.90 Å². The van der Waals surface area contributed by atoms with Crippen molar-refractivity contribution in [2.75, 3.05) is 18.0 Å². The van der Waals surface area contributed by atoms with E-state index < -0.39 is 0 Å². The molecule has 0 bridgehead atoms. The molecule has 0 unspecified atom stereocenters. The Morgan fingerprint density at radius 3 is 2.76 bits per heavy atom. The van der Waals surface area contributed by atoms with Crippen molar-refractivity contribution in [2.24, 2.45) is 5.92 Å². The Bertz CT molecular complexity index is 915.